The van der Waals surface area contributed by atoms with E-state index < -0.39 is 0 Å². The monoisotopic (exact) mass is 362 g/mol. The zero-order valence-corrected chi connectivity index (χ0v) is 11.4. The summed E-state index contributed by atoms with van der Waals surface area (Å²) < 4.78 is 6.38. The Bertz CT molecular complexity index is 537. The van der Waals surface area contributed by atoms with Gasteiger partial charge in [0.1, 0.15) is 23.0 Å². The first-order valence-electron chi connectivity index (χ1n) is 4.70. The number of phenols is 2. The second-order valence-corrected chi connectivity index (χ2v) is 4.96. The van der Waals surface area contributed by atoms with Gasteiger partial charge in [-0.3, -0.25) is 0 Å². The van der Waals surface area contributed by atoms with Crippen LogP contribution in [0.3, 0.4) is 0 Å². The highest BCUT2D eigenvalue weighted by Gasteiger charge is 2.05. The van der Waals surface area contributed by atoms with Crippen molar-refractivity contribution in [2.45, 2.75) is 0 Å². The van der Waals surface area contributed by atoms with Crippen LogP contribution in [0.2, 0.25) is 5.02 Å². The van der Waals surface area contributed by atoms with E-state index in [0.29, 0.717) is 16.5 Å². The van der Waals surface area contributed by atoms with Crippen LogP contribution < -0.4 is 4.74 Å². The number of hydrogen-bond donors (Lipinski definition) is 2. The molecule has 0 radical (unpaired) electrons. The van der Waals surface area contributed by atoms with Crippen LogP contribution in [0.1, 0.15) is 0 Å². The van der Waals surface area contributed by atoms with Gasteiger partial charge < -0.3 is 14.9 Å². The SMILES string of the molecule is Oc1cc(O)cc(Oc2ccc(Cl)cc2I)c1. The van der Waals surface area contributed by atoms with Crippen LogP contribution >= 0.6 is 34.2 Å². The first-order chi connectivity index (χ1) is 8.04. The van der Waals surface area contributed by atoms with Gasteiger partial charge >= 0.3 is 0 Å². The number of phenolic OH excluding ortho intramolecular Hbond substituents is 2. The van der Waals surface area contributed by atoms with Gasteiger partial charge in [0.25, 0.3) is 0 Å². The highest BCUT2D eigenvalue weighted by Crippen LogP contribution is 2.32. The molecule has 0 aliphatic carbocycles. The standard InChI is InChI=1S/C12H8ClIO3/c13-7-1-2-12(11(14)3-7)17-10-5-8(15)4-9(16)6-10/h1-6,15-16H. The molecule has 0 atom stereocenters. The second-order valence-electron chi connectivity index (χ2n) is 3.36. The number of rotatable bonds is 2. The van der Waals surface area contributed by atoms with Crippen molar-refractivity contribution in [3.8, 4) is 23.0 Å². The van der Waals surface area contributed by atoms with Crippen LogP contribution in [0.5, 0.6) is 23.0 Å². The fourth-order valence-electron chi connectivity index (χ4n) is 1.31. The molecule has 2 rings (SSSR count). The van der Waals surface area contributed by atoms with Gasteiger partial charge in [0, 0.05) is 23.2 Å². The highest BCUT2D eigenvalue weighted by molar-refractivity contribution is 14.1. The third-order valence-electron chi connectivity index (χ3n) is 2.00. The zero-order chi connectivity index (χ0) is 12.4. The van der Waals surface area contributed by atoms with Crippen molar-refractivity contribution < 1.29 is 14.9 Å². The van der Waals surface area contributed by atoms with E-state index in [9.17, 15) is 10.2 Å². The minimum atomic E-state index is -0.0519. The Morgan fingerprint density at radius 2 is 1.65 bits per heavy atom. The summed E-state index contributed by atoms with van der Waals surface area (Å²) in [5, 5.41) is 19.3. The molecule has 88 valence electrons. The van der Waals surface area contributed by atoms with Crippen LogP contribution in [-0.4, -0.2) is 10.2 Å². The molecule has 0 heterocycles. The quantitative estimate of drug-likeness (QED) is 0.789. The number of halogens is 2. The zero-order valence-electron chi connectivity index (χ0n) is 8.52. The lowest BCUT2D eigenvalue weighted by atomic mass is 10.3. The molecule has 0 spiro atoms. The van der Waals surface area contributed by atoms with Gasteiger partial charge in [-0.25, -0.2) is 0 Å². The van der Waals surface area contributed by atoms with E-state index in [2.05, 4.69) is 22.6 Å². The lowest BCUT2D eigenvalue weighted by Crippen LogP contribution is -1.87. The molecule has 0 unspecified atom stereocenters. The largest absolute Gasteiger partial charge is 0.508 e. The molecular weight excluding hydrogens is 354 g/mol. The fraction of sp³-hybridized carbons (Fsp3) is 0. The molecule has 0 aliphatic heterocycles. The average Bonchev–Trinajstić information content (AvgIpc) is 2.21. The number of ether oxygens (including phenoxy) is 1. The fourth-order valence-corrected chi connectivity index (χ4v) is 2.29. The molecule has 3 nitrogen and oxygen atoms in total. The van der Waals surface area contributed by atoms with Gasteiger partial charge in [-0.05, 0) is 40.8 Å². The molecule has 5 heteroatoms. The first kappa shape index (κ1) is 12.3. The Hall–Kier alpha value is -1.14. The lowest BCUT2D eigenvalue weighted by molar-refractivity contribution is 0.431. The van der Waals surface area contributed by atoms with E-state index in [4.69, 9.17) is 16.3 Å². The van der Waals surface area contributed by atoms with Crippen molar-refractivity contribution in [1.29, 1.82) is 0 Å². The van der Waals surface area contributed by atoms with E-state index in [1.807, 2.05) is 0 Å². The van der Waals surface area contributed by atoms with Crippen LogP contribution in [0, 0.1) is 3.57 Å². The number of hydrogen-bond acceptors (Lipinski definition) is 3. The maximum absolute atomic E-state index is 9.32. The summed E-state index contributed by atoms with van der Waals surface area (Å²) in [6, 6.07) is 9.28. The third kappa shape index (κ3) is 3.17. The van der Waals surface area contributed by atoms with Crippen molar-refractivity contribution in [3.63, 3.8) is 0 Å². The van der Waals surface area contributed by atoms with E-state index in [0.717, 1.165) is 3.57 Å². The Morgan fingerprint density at radius 1 is 1.00 bits per heavy atom. The van der Waals surface area contributed by atoms with Gasteiger partial charge in [-0.1, -0.05) is 11.6 Å². The minimum Gasteiger partial charge on any atom is -0.508 e. The summed E-state index contributed by atoms with van der Waals surface area (Å²) in [4.78, 5) is 0. The van der Waals surface area contributed by atoms with Gasteiger partial charge in [-0.15, -0.1) is 0 Å². The average molecular weight is 363 g/mol. The number of benzene rings is 2. The van der Waals surface area contributed by atoms with E-state index >= 15 is 0 Å². The molecule has 2 aromatic carbocycles. The van der Waals surface area contributed by atoms with E-state index in [1.165, 1.54) is 18.2 Å². The Kier molecular flexibility index (Phi) is 3.63. The smallest absolute Gasteiger partial charge is 0.140 e. The maximum Gasteiger partial charge on any atom is 0.140 e. The van der Waals surface area contributed by atoms with Crippen molar-refractivity contribution in [3.05, 3.63) is 45.0 Å². The molecule has 0 bridgehead atoms. The summed E-state index contributed by atoms with van der Waals surface area (Å²) in [6.45, 7) is 0. The van der Waals surface area contributed by atoms with Crippen LogP contribution in [0.4, 0.5) is 0 Å². The van der Waals surface area contributed by atoms with Crippen molar-refractivity contribution >= 4 is 34.2 Å². The van der Waals surface area contributed by atoms with Crippen LogP contribution in [0.25, 0.3) is 0 Å². The highest BCUT2D eigenvalue weighted by atomic mass is 127. The molecule has 0 fully saturated rings. The first-order valence-corrected chi connectivity index (χ1v) is 6.16. The summed E-state index contributed by atoms with van der Waals surface area (Å²) in [7, 11) is 0. The van der Waals surface area contributed by atoms with Crippen LogP contribution in [0.15, 0.2) is 36.4 Å². The van der Waals surface area contributed by atoms with Gasteiger partial charge in [-0.2, -0.15) is 0 Å². The molecule has 0 amide bonds. The lowest BCUT2D eigenvalue weighted by Gasteiger charge is -2.08. The molecule has 2 aromatic rings. The normalized spacial score (nSPS) is 10.2. The molecule has 0 saturated heterocycles. The summed E-state index contributed by atoms with van der Waals surface area (Å²) in [6.07, 6.45) is 0. The summed E-state index contributed by atoms with van der Waals surface area (Å²) >= 11 is 7.93. The summed E-state index contributed by atoms with van der Waals surface area (Å²) in [5.41, 5.74) is 0. The predicted octanol–water partition coefficient (Wildman–Crippen LogP) is 4.15. The molecule has 17 heavy (non-hydrogen) atoms. The Morgan fingerprint density at radius 3 is 2.24 bits per heavy atom. The Labute approximate surface area is 117 Å². The van der Waals surface area contributed by atoms with Gasteiger partial charge in [0.15, 0.2) is 0 Å². The van der Waals surface area contributed by atoms with Gasteiger partial charge in [0.05, 0.1) is 3.57 Å². The predicted molar refractivity (Wildman–Crippen MR) is 74.0 cm³/mol. The molecule has 0 aromatic heterocycles. The van der Waals surface area contributed by atoms with Crippen molar-refractivity contribution in [2.75, 3.05) is 0 Å². The van der Waals surface area contributed by atoms with E-state index in [-0.39, 0.29) is 11.5 Å². The third-order valence-corrected chi connectivity index (χ3v) is 3.08. The maximum atomic E-state index is 9.32. The topological polar surface area (TPSA) is 49.7 Å². The number of aromatic hydroxyl groups is 2. The van der Waals surface area contributed by atoms with E-state index in [1.54, 1.807) is 18.2 Å². The second kappa shape index (κ2) is 5.01. The van der Waals surface area contributed by atoms with Gasteiger partial charge in [0.2, 0.25) is 0 Å². The van der Waals surface area contributed by atoms with Crippen molar-refractivity contribution in [2.24, 2.45) is 0 Å². The molecule has 0 aliphatic rings. The molecule has 0 saturated carbocycles. The summed E-state index contributed by atoms with van der Waals surface area (Å²) in [5.74, 6) is 0.871. The Balaban J connectivity index is 2.31. The molecule has 2 N–H and O–H groups in total. The molecular formula is C12H8ClIO3. The van der Waals surface area contributed by atoms with Crippen LogP contribution in [-0.2, 0) is 0 Å². The van der Waals surface area contributed by atoms with Crippen molar-refractivity contribution in [1.82, 2.24) is 0 Å². The minimum absolute atomic E-state index is 0.0519.